The van der Waals surface area contributed by atoms with Crippen LogP contribution in [-0.2, 0) is 0 Å². The molecule has 1 aliphatic heterocycles. The Labute approximate surface area is 82.5 Å². The molecule has 72 valence electrons. The Bertz CT molecular complexity index is 440. The van der Waals surface area contributed by atoms with Crippen LogP contribution in [0.1, 0.15) is 24.6 Å². The van der Waals surface area contributed by atoms with E-state index in [1.165, 1.54) is 18.5 Å². The maximum atomic E-state index is 4.62. The summed E-state index contributed by atoms with van der Waals surface area (Å²) < 4.78 is 0. The van der Waals surface area contributed by atoms with E-state index in [0.717, 1.165) is 17.6 Å². The van der Waals surface area contributed by atoms with Gasteiger partial charge in [0, 0.05) is 12.2 Å². The van der Waals surface area contributed by atoms with Crippen molar-refractivity contribution in [2.75, 3.05) is 6.54 Å². The van der Waals surface area contributed by atoms with Gasteiger partial charge in [0.2, 0.25) is 0 Å². The molecule has 0 unspecified atom stereocenters. The molecule has 2 N–H and O–H groups in total. The van der Waals surface area contributed by atoms with Crippen LogP contribution in [0.2, 0.25) is 0 Å². The molecule has 2 aromatic rings. The third-order valence-corrected chi connectivity index (χ3v) is 2.84. The van der Waals surface area contributed by atoms with E-state index in [1.54, 1.807) is 0 Å². The zero-order chi connectivity index (χ0) is 9.38. The molecule has 1 atom stereocenters. The average Bonchev–Trinajstić information content (AvgIpc) is 2.88. The van der Waals surface area contributed by atoms with Crippen LogP contribution in [-0.4, -0.2) is 16.5 Å². The predicted octanol–water partition coefficient (Wildman–Crippen LogP) is 1.99. The molecule has 0 bridgehead atoms. The van der Waals surface area contributed by atoms with Gasteiger partial charge in [-0.1, -0.05) is 0 Å². The summed E-state index contributed by atoms with van der Waals surface area (Å²) in [4.78, 5) is 7.78. The molecule has 0 saturated carbocycles. The van der Waals surface area contributed by atoms with Gasteiger partial charge in [0.05, 0.1) is 16.7 Å². The molecule has 1 aliphatic rings. The van der Waals surface area contributed by atoms with Crippen LogP contribution in [0.5, 0.6) is 0 Å². The molecular formula is C11H13N3. The number of hydrogen-bond acceptors (Lipinski definition) is 2. The van der Waals surface area contributed by atoms with Crippen LogP contribution in [0.3, 0.4) is 0 Å². The molecule has 0 radical (unpaired) electrons. The number of rotatable bonds is 1. The maximum Gasteiger partial charge on any atom is 0.0882 e. The summed E-state index contributed by atoms with van der Waals surface area (Å²) in [6.45, 7) is 1.12. The van der Waals surface area contributed by atoms with E-state index in [0.29, 0.717) is 6.04 Å². The molecule has 3 heteroatoms. The Balaban J connectivity index is 2.04. The number of hydrogen-bond donors (Lipinski definition) is 2. The van der Waals surface area contributed by atoms with Gasteiger partial charge in [-0.2, -0.15) is 0 Å². The highest BCUT2D eigenvalue weighted by molar-refractivity contribution is 5.74. The number of aromatic nitrogens is 2. The van der Waals surface area contributed by atoms with Crippen molar-refractivity contribution in [3.63, 3.8) is 0 Å². The molecule has 0 spiro atoms. The van der Waals surface area contributed by atoms with Gasteiger partial charge in [-0.3, -0.25) is 0 Å². The van der Waals surface area contributed by atoms with Crippen LogP contribution in [0.15, 0.2) is 24.4 Å². The monoisotopic (exact) mass is 187 g/mol. The van der Waals surface area contributed by atoms with Gasteiger partial charge >= 0.3 is 0 Å². The first-order valence-electron chi connectivity index (χ1n) is 5.11. The minimum Gasteiger partial charge on any atom is -0.360 e. The van der Waals surface area contributed by atoms with Crippen LogP contribution < -0.4 is 5.32 Å². The number of nitrogens with one attached hydrogen (secondary N) is 2. The topological polar surface area (TPSA) is 40.7 Å². The second kappa shape index (κ2) is 3.10. The van der Waals surface area contributed by atoms with Gasteiger partial charge in [-0.25, -0.2) is 4.98 Å². The van der Waals surface area contributed by atoms with Crippen molar-refractivity contribution in [1.82, 2.24) is 15.3 Å². The van der Waals surface area contributed by atoms with Crippen LogP contribution in [0, 0.1) is 0 Å². The molecule has 2 aromatic heterocycles. The second-order valence-corrected chi connectivity index (χ2v) is 3.80. The van der Waals surface area contributed by atoms with Crippen LogP contribution >= 0.6 is 0 Å². The number of H-pyrrole nitrogens is 1. The van der Waals surface area contributed by atoms with Crippen molar-refractivity contribution in [3.05, 3.63) is 30.1 Å². The molecular weight excluding hydrogens is 174 g/mol. The molecule has 3 nitrogen and oxygen atoms in total. The Morgan fingerprint density at radius 2 is 2.29 bits per heavy atom. The standard InChI is InChI=1S/C11H13N3/c1-2-8(12-6-1)10-4-3-9-11(14-10)5-7-13-9/h3-5,7-8,12-13H,1-2,6H2/t8-/m0/s1. The van der Waals surface area contributed by atoms with Crippen LogP contribution in [0.4, 0.5) is 0 Å². The van der Waals surface area contributed by atoms with Crippen molar-refractivity contribution >= 4 is 11.0 Å². The summed E-state index contributed by atoms with van der Waals surface area (Å²) in [6, 6.07) is 6.71. The van der Waals surface area contributed by atoms with E-state index in [4.69, 9.17) is 0 Å². The summed E-state index contributed by atoms with van der Waals surface area (Å²) in [5, 5.41) is 3.46. The van der Waals surface area contributed by atoms with Gasteiger partial charge < -0.3 is 10.3 Å². The van der Waals surface area contributed by atoms with E-state index in [1.807, 2.05) is 12.3 Å². The van der Waals surface area contributed by atoms with Gasteiger partial charge in [0.15, 0.2) is 0 Å². The molecule has 0 aromatic carbocycles. The van der Waals surface area contributed by atoms with E-state index in [2.05, 4.69) is 27.4 Å². The number of aromatic amines is 1. The average molecular weight is 187 g/mol. The lowest BCUT2D eigenvalue weighted by Crippen LogP contribution is -2.13. The van der Waals surface area contributed by atoms with Gasteiger partial charge in [0.25, 0.3) is 0 Å². The van der Waals surface area contributed by atoms with Crippen molar-refractivity contribution in [3.8, 4) is 0 Å². The number of nitrogens with zero attached hydrogens (tertiary/aromatic N) is 1. The molecule has 3 heterocycles. The molecule has 1 saturated heterocycles. The van der Waals surface area contributed by atoms with Gasteiger partial charge in [0.1, 0.15) is 0 Å². The number of fused-ring (bicyclic) bond motifs is 1. The summed E-state index contributed by atoms with van der Waals surface area (Å²) >= 11 is 0. The molecule has 14 heavy (non-hydrogen) atoms. The summed E-state index contributed by atoms with van der Waals surface area (Å²) in [7, 11) is 0. The Kier molecular flexibility index (Phi) is 1.77. The van der Waals surface area contributed by atoms with Gasteiger partial charge in [-0.15, -0.1) is 0 Å². The first kappa shape index (κ1) is 8.00. The lowest BCUT2D eigenvalue weighted by atomic mass is 10.1. The number of pyridine rings is 1. The summed E-state index contributed by atoms with van der Waals surface area (Å²) in [6.07, 6.45) is 4.41. The Hall–Kier alpha value is -1.35. The first-order valence-corrected chi connectivity index (χ1v) is 5.11. The lowest BCUT2D eigenvalue weighted by molar-refractivity contribution is 0.630. The van der Waals surface area contributed by atoms with Gasteiger partial charge in [-0.05, 0) is 37.6 Å². The Morgan fingerprint density at radius 1 is 1.29 bits per heavy atom. The lowest BCUT2D eigenvalue weighted by Gasteiger charge is -2.08. The highest BCUT2D eigenvalue weighted by atomic mass is 15.0. The summed E-state index contributed by atoms with van der Waals surface area (Å²) in [5.41, 5.74) is 3.36. The molecule has 0 aliphatic carbocycles. The summed E-state index contributed by atoms with van der Waals surface area (Å²) in [5.74, 6) is 0. The smallest absolute Gasteiger partial charge is 0.0882 e. The molecule has 0 amide bonds. The minimum absolute atomic E-state index is 0.467. The quantitative estimate of drug-likeness (QED) is 0.716. The highest BCUT2D eigenvalue weighted by Gasteiger charge is 2.17. The van der Waals surface area contributed by atoms with Crippen molar-refractivity contribution in [1.29, 1.82) is 0 Å². The van der Waals surface area contributed by atoms with E-state index in [-0.39, 0.29) is 0 Å². The predicted molar refractivity (Wildman–Crippen MR) is 56.1 cm³/mol. The molecule has 1 fully saturated rings. The SMILES string of the molecule is c1cc2nc([C@@H]3CCCN3)ccc2[nH]1. The highest BCUT2D eigenvalue weighted by Crippen LogP contribution is 2.22. The fourth-order valence-corrected chi connectivity index (χ4v) is 2.08. The normalized spacial score (nSPS) is 21.9. The first-order chi connectivity index (χ1) is 6.93. The van der Waals surface area contributed by atoms with Crippen molar-refractivity contribution in [2.24, 2.45) is 0 Å². The van der Waals surface area contributed by atoms with E-state index >= 15 is 0 Å². The van der Waals surface area contributed by atoms with Crippen LogP contribution in [0.25, 0.3) is 11.0 Å². The van der Waals surface area contributed by atoms with E-state index in [9.17, 15) is 0 Å². The fourth-order valence-electron chi connectivity index (χ4n) is 2.08. The van der Waals surface area contributed by atoms with E-state index < -0.39 is 0 Å². The van der Waals surface area contributed by atoms with Crippen molar-refractivity contribution < 1.29 is 0 Å². The Morgan fingerprint density at radius 3 is 3.14 bits per heavy atom. The van der Waals surface area contributed by atoms with Crippen molar-refractivity contribution in [2.45, 2.75) is 18.9 Å². The third-order valence-electron chi connectivity index (χ3n) is 2.84. The zero-order valence-electron chi connectivity index (χ0n) is 7.96. The molecule has 3 rings (SSSR count). The largest absolute Gasteiger partial charge is 0.360 e. The third kappa shape index (κ3) is 1.21. The zero-order valence-corrected chi connectivity index (χ0v) is 7.96. The second-order valence-electron chi connectivity index (χ2n) is 3.80. The minimum atomic E-state index is 0.467. The maximum absolute atomic E-state index is 4.62. The fraction of sp³-hybridized carbons (Fsp3) is 0.364.